The normalized spacial score (nSPS) is 12.0. The molecule has 7 nitrogen and oxygen atoms in total. The van der Waals surface area contributed by atoms with E-state index in [-0.39, 0.29) is 43.5 Å². The lowest BCUT2D eigenvalue weighted by atomic mass is 10.0. The standard InChI is InChI=1S/C27H32F6N2O5/c1-6-35-17(5)22(16(4)23(35)25(38)40-8-3)21(36)15-34(10-9-11-39-7-2)24(37)18-12-19(26(28,29)30)14-20(13-18)27(31,32)33/h12-14H,6-11,15H2,1-5H3. The number of hydrogen-bond donors (Lipinski definition) is 0. The van der Waals surface area contributed by atoms with E-state index < -0.39 is 53.2 Å². The van der Waals surface area contributed by atoms with Gasteiger partial charge in [0.2, 0.25) is 0 Å². The molecule has 0 spiro atoms. The van der Waals surface area contributed by atoms with Crippen molar-refractivity contribution in [3.05, 3.63) is 57.4 Å². The van der Waals surface area contributed by atoms with Crippen molar-refractivity contribution in [3.63, 3.8) is 0 Å². The highest BCUT2D eigenvalue weighted by molar-refractivity contribution is 6.06. The van der Waals surface area contributed by atoms with Crippen molar-refractivity contribution < 1.29 is 50.2 Å². The van der Waals surface area contributed by atoms with Crippen LogP contribution in [0.3, 0.4) is 0 Å². The fourth-order valence-corrected chi connectivity index (χ4v) is 4.43. The quantitative estimate of drug-likeness (QED) is 0.132. The van der Waals surface area contributed by atoms with E-state index >= 15 is 0 Å². The van der Waals surface area contributed by atoms with Gasteiger partial charge in [0.15, 0.2) is 5.78 Å². The summed E-state index contributed by atoms with van der Waals surface area (Å²) in [5.74, 6) is -2.48. The molecule has 0 saturated carbocycles. The molecule has 0 aliphatic carbocycles. The average Bonchev–Trinajstić information content (AvgIpc) is 3.13. The molecule has 0 bridgehead atoms. The van der Waals surface area contributed by atoms with Crippen LogP contribution in [0, 0.1) is 13.8 Å². The minimum Gasteiger partial charge on any atom is -0.461 e. The van der Waals surface area contributed by atoms with Gasteiger partial charge >= 0.3 is 18.3 Å². The van der Waals surface area contributed by atoms with E-state index in [0.29, 0.717) is 36.5 Å². The molecule has 0 saturated heterocycles. The highest BCUT2D eigenvalue weighted by Gasteiger charge is 2.38. The zero-order valence-corrected chi connectivity index (χ0v) is 22.9. The van der Waals surface area contributed by atoms with E-state index in [1.54, 1.807) is 32.3 Å². The Bertz CT molecular complexity index is 1200. The van der Waals surface area contributed by atoms with Crippen molar-refractivity contribution in [2.75, 3.05) is 32.9 Å². The molecule has 0 radical (unpaired) electrons. The maximum atomic E-state index is 13.5. The Labute approximate surface area is 228 Å². The first-order valence-corrected chi connectivity index (χ1v) is 12.6. The van der Waals surface area contributed by atoms with E-state index in [1.807, 2.05) is 0 Å². The predicted molar refractivity (Wildman–Crippen MR) is 133 cm³/mol. The first kappa shape index (κ1) is 32.9. The second-order valence-electron chi connectivity index (χ2n) is 8.89. The van der Waals surface area contributed by atoms with E-state index in [1.165, 1.54) is 6.92 Å². The van der Waals surface area contributed by atoms with Crippen LogP contribution in [0.1, 0.15) is 80.8 Å². The summed E-state index contributed by atoms with van der Waals surface area (Å²) < 4.78 is 92.3. The van der Waals surface area contributed by atoms with Crippen molar-refractivity contribution in [1.82, 2.24) is 9.47 Å². The molecule has 0 aliphatic rings. The first-order chi connectivity index (χ1) is 18.6. The van der Waals surface area contributed by atoms with Gasteiger partial charge in [0, 0.05) is 43.1 Å². The second kappa shape index (κ2) is 13.3. The molecule has 0 atom stereocenters. The van der Waals surface area contributed by atoms with Crippen molar-refractivity contribution in [3.8, 4) is 0 Å². The van der Waals surface area contributed by atoms with Gasteiger partial charge in [0.25, 0.3) is 5.91 Å². The van der Waals surface area contributed by atoms with Crippen LogP contribution in [0.2, 0.25) is 0 Å². The molecule has 222 valence electrons. The molecule has 1 aromatic carbocycles. The maximum Gasteiger partial charge on any atom is 0.416 e. The molecule has 40 heavy (non-hydrogen) atoms. The summed E-state index contributed by atoms with van der Waals surface area (Å²) in [7, 11) is 0. The fourth-order valence-electron chi connectivity index (χ4n) is 4.43. The molecule has 2 aromatic rings. The summed E-state index contributed by atoms with van der Waals surface area (Å²) in [4.78, 5) is 40.3. The van der Waals surface area contributed by atoms with E-state index in [0.717, 1.165) is 4.90 Å². The van der Waals surface area contributed by atoms with Crippen LogP contribution < -0.4 is 0 Å². The summed E-state index contributed by atoms with van der Waals surface area (Å²) in [6, 6.07) is 0.597. The minimum atomic E-state index is -5.15. The number of aromatic nitrogens is 1. The molecule has 2 rings (SSSR count). The summed E-state index contributed by atoms with van der Waals surface area (Å²) in [6.45, 7) is 8.27. The Hall–Kier alpha value is -3.35. The van der Waals surface area contributed by atoms with Crippen LogP contribution in [-0.4, -0.2) is 60.0 Å². The number of carbonyl (C=O) groups is 3. The SMILES string of the molecule is CCOCCCN(CC(=O)c1c(C)c(C(=O)OCC)n(CC)c1C)C(=O)c1cc(C(F)(F)F)cc(C(F)(F)F)c1. The summed E-state index contributed by atoms with van der Waals surface area (Å²) in [5.41, 5.74) is -3.18. The third kappa shape index (κ3) is 7.64. The molecule has 0 unspecified atom stereocenters. The lowest BCUT2D eigenvalue weighted by molar-refractivity contribution is -0.143. The number of halogens is 6. The molecule has 1 aromatic heterocycles. The largest absolute Gasteiger partial charge is 0.461 e. The zero-order chi connectivity index (χ0) is 30.4. The van der Waals surface area contributed by atoms with E-state index in [2.05, 4.69) is 0 Å². The highest BCUT2D eigenvalue weighted by atomic mass is 19.4. The molecule has 1 amide bonds. The van der Waals surface area contributed by atoms with Gasteiger partial charge in [0.1, 0.15) is 5.69 Å². The monoisotopic (exact) mass is 578 g/mol. The minimum absolute atomic E-state index is 0.0710. The molecule has 0 fully saturated rings. The number of hydrogen-bond acceptors (Lipinski definition) is 5. The first-order valence-electron chi connectivity index (χ1n) is 12.6. The summed E-state index contributed by atoms with van der Waals surface area (Å²) in [5, 5.41) is 0. The van der Waals surface area contributed by atoms with Gasteiger partial charge < -0.3 is 18.9 Å². The molecule has 0 N–H and O–H groups in total. The van der Waals surface area contributed by atoms with Crippen LogP contribution in [0.25, 0.3) is 0 Å². The molecule has 1 heterocycles. The summed E-state index contributed by atoms with van der Waals surface area (Å²) >= 11 is 0. The number of ether oxygens (including phenoxy) is 2. The number of carbonyl (C=O) groups excluding carboxylic acids is 3. The lowest BCUT2D eigenvalue weighted by Gasteiger charge is -2.23. The Morgan fingerprint density at radius 2 is 1.48 bits per heavy atom. The van der Waals surface area contributed by atoms with Gasteiger partial charge in [-0.3, -0.25) is 9.59 Å². The molecular weight excluding hydrogens is 546 g/mol. The molecular formula is C27H32F6N2O5. The number of alkyl halides is 6. The lowest BCUT2D eigenvalue weighted by Crippen LogP contribution is -2.37. The number of amides is 1. The van der Waals surface area contributed by atoms with Gasteiger partial charge in [-0.2, -0.15) is 26.3 Å². The number of Topliss-reactive ketones (excluding diaryl/α,β-unsaturated/α-hetero) is 1. The van der Waals surface area contributed by atoms with Gasteiger partial charge in [-0.05, 0) is 64.8 Å². The number of nitrogens with zero attached hydrogens (tertiary/aromatic N) is 2. The molecule has 0 aliphatic heterocycles. The topological polar surface area (TPSA) is 77.8 Å². The van der Waals surface area contributed by atoms with Crippen LogP contribution in [0.5, 0.6) is 0 Å². The molecule has 13 heteroatoms. The third-order valence-corrected chi connectivity index (χ3v) is 6.21. The van der Waals surface area contributed by atoms with Crippen LogP contribution >= 0.6 is 0 Å². The highest BCUT2D eigenvalue weighted by Crippen LogP contribution is 2.36. The number of ketones is 1. The van der Waals surface area contributed by atoms with Crippen molar-refractivity contribution >= 4 is 17.7 Å². The third-order valence-electron chi connectivity index (χ3n) is 6.21. The number of benzene rings is 1. The van der Waals surface area contributed by atoms with Gasteiger partial charge in [0.05, 0.1) is 24.3 Å². The second-order valence-corrected chi connectivity index (χ2v) is 8.89. The van der Waals surface area contributed by atoms with Crippen molar-refractivity contribution in [1.29, 1.82) is 0 Å². The predicted octanol–water partition coefficient (Wildman–Crippen LogP) is 6.09. The Balaban J connectivity index is 2.55. The van der Waals surface area contributed by atoms with Gasteiger partial charge in [-0.25, -0.2) is 4.79 Å². The average molecular weight is 579 g/mol. The van der Waals surface area contributed by atoms with E-state index in [9.17, 15) is 40.7 Å². The Morgan fingerprint density at radius 1 is 0.900 bits per heavy atom. The van der Waals surface area contributed by atoms with Crippen molar-refractivity contribution in [2.24, 2.45) is 0 Å². The zero-order valence-electron chi connectivity index (χ0n) is 22.9. The number of rotatable bonds is 12. The fraction of sp³-hybridized carbons (Fsp3) is 0.519. The van der Waals surface area contributed by atoms with Crippen LogP contribution in [0.15, 0.2) is 18.2 Å². The van der Waals surface area contributed by atoms with Crippen molar-refractivity contribution in [2.45, 2.75) is 59.9 Å². The number of esters is 1. The maximum absolute atomic E-state index is 13.5. The Morgan fingerprint density at radius 3 is 1.95 bits per heavy atom. The van der Waals surface area contributed by atoms with E-state index in [4.69, 9.17) is 9.47 Å². The van der Waals surface area contributed by atoms with Crippen LogP contribution in [-0.2, 0) is 28.4 Å². The summed E-state index contributed by atoms with van der Waals surface area (Å²) in [6.07, 6.45) is -10.1. The van der Waals surface area contributed by atoms with Gasteiger partial charge in [-0.15, -0.1) is 0 Å². The Kier molecular flexibility index (Phi) is 11.0. The van der Waals surface area contributed by atoms with Gasteiger partial charge in [-0.1, -0.05) is 0 Å². The van der Waals surface area contributed by atoms with Crippen LogP contribution in [0.4, 0.5) is 26.3 Å². The smallest absolute Gasteiger partial charge is 0.416 e.